The van der Waals surface area contributed by atoms with Gasteiger partial charge in [0.1, 0.15) is 19.3 Å². The van der Waals surface area contributed by atoms with E-state index in [1.807, 2.05) is 0 Å². The van der Waals surface area contributed by atoms with Gasteiger partial charge in [0.25, 0.3) is 0 Å². The van der Waals surface area contributed by atoms with Crippen molar-refractivity contribution in [3.63, 3.8) is 0 Å². The summed E-state index contributed by atoms with van der Waals surface area (Å²) < 4.78 is 23.0. The van der Waals surface area contributed by atoms with Crippen molar-refractivity contribution in [1.29, 1.82) is 0 Å². The summed E-state index contributed by atoms with van der Waals surface area (Å²) in [6.07, 6.45) is 41.9. The van der Waals surface area contributed by atoms with Crippen LogP contribution in [-0.2, 0) is 28.5 Å². The second-order valence-corrected chi connectivity index (χ2v) is 19.0. The van der Waals surface area contributed by atoms with Crippen LogP contribution in [0.2, 0.25) is 0 Å². The van der Waals surface area contributed by atoms with E-state index in [1.54, 1.807) is 0 Å². The third kappa shape index (κ3) is 44.2. The zero-order valence-electron chi connectivity index (χ0n) is 44.0. The number of carbonyl (C=O) groups is 3. The molecule has 0 rings (SSSR count). The lowest BCUT2D eigenvalue weighted by atomic mass is 9.95. The van der Waals surface area contributed by atoms with Crippen molar-refractivity contribution in [2.24, 2.45) is 5.92 Å². The predicted molar refractivity (Wildman–Crippen MR) is 275 cm³/mol. The number of hydrogen-bond acceptors (Lipinski definition) is 9. The maximum absolute atomic E-state index is 13.0. The third-order valence-corrected chi connectivity index (χ3v) is 13.0. The van der Waals surface area contributed by atoms with Crippen molar-refractivity contribution in [2.75, 3.05) is 59.1 Å². The quantitative estimate of drug-likeness (QED) is 0.0256. The van der Waals surface area contributed by atoms with Gasteiger partial charge >= 0.3 is 18.1 Å². The largest absolute Gasteiger partial charge is 0.508 e. The molecular formula is C56H108N2O7. The van der Waals surface area contributed by atoms with Crippen LogP contribution < -0.4 is 0 Å². The van der Waals surface area contributed by atoms with Crippen LogP contribution in [0.5, 0.6) is 0 Å². The Morgan fingerprint density at radius 1 is 0.415 bits per heavy atom. The monoisotopic (exact) mass is 921 g/mol. The van der Waals surface area contributed by atoms with Gasteiger partial charge in [-0.15, -0.1) is 0 Å². The van der Waals surface area contributed by atoms with Crippen LogP contribution in [0.25, 0.3) is 0 Å². The van der Waals surface area contributed by atoms with E-state index in [1.165, 1.54) is 122 Å². The molecule has 0 aromatic carbocycles. The fourth-order valence-electron chi connectivity index (χ4n) is 8.49. The number of hydrogen-bond donors (Lipinski definition) is 0. The normalized spacial score (nSPS) is 12.6. The first-order valence-corrected chi connectivity index (χ1v) is 28.1. The summed E-state index contributed by atoms with van der Waals surface area (Å²) in [7, 11) is 0. The number of unbranched alkanes of at least 4 members (excludes halogenated alkanes) is 22. The van der Waals surface area contributed by atoms with Gasteiger partial charge in [-0.25, -0.2) is 4.79 Å². The molecule has 0 radical (unpaired) electrons. The molecule has 2 unspecified atom stereocenters. The molecule has 2 atom stereocenters. The maximum Gasteiger partial charge on any atom is 0.508 e. The van der Waals surface area contributed by atoms with Crippen LogP contribution >= 0.6 is 0 Å². The summed E-state index contributed by atoms with van der Waals surface area (Å²) in [4.78, 5) is 43.0. The first kappa shape index (κ1) is 62.9. The van der Waals surface area contributed by atoms with E-state index in [-0.39, 0.29) is 24.6 Å². The molecule has 0 aliphatic heterocycles. The van der Waals surface area contributed by atoms with Crippen LogP contribution in [0.4, 0.5) is 4.79 Å². The van der Waals surface area contributed by atoms with E-state index in [9.17, 15) is 14.4 Å². The van der Waals surface area contributed by atoms with Crippen LogP contribution in [0, 0.1) is 5.92 Å². The van der Waals surface area contributed by atoms with Gasteiger partial charge in [-0.05, 0) is 89.6 Å². The number of esters is 2. The number of nitrogens with zero attached hydrogens (tertiary/aromatic N) is 2. The highest BCUT2D eigenvalue weighted by Gasteiger charge is 2.19. The molecule has 65 heavy (non-hydrogen) atoms. The summed E-state index contributed by atoms with van der Waals surface area (Å²) in [5.41, 5.74) is 0. The Morgan fingerprint density at radius 2 is 0.831 bits per heavy atom. The topological polar surface area (TPSA) is 94.6 Å². The van der Waals surface area contributed by atoms with Gasteiger partial charge in [0.2, 0.25) is 0 Å². The van der Waals surface area contributed by atoms with E-state index in [0.29, 0.717) is 57.9 Å². The lowest BCUT2D eigenvalue weighted by Gasteiger charge is -2.26. The summed E-state index contributed by atoms with van der Waals surface area (Å²) in [5, 5.41) is 0. The van der Waals surface area contributed by atoms with E-state index >= 15 is 0 Å². The standard InChI is InChI=1S/C56H108N2O7/c1-7-13-17-21-23-24-25-26-27-28-29-30-31-33-37-43-54(59)62-49-47-58(46-45-57(11-5)12-6)48-50-63-56(61)65-53(41-36-20-16-10-4)42-38-44-55(60)64-51-52(39-34-19-15-9-3)40-35-32-22-18-14-8-2/h26-27,52-53H,7-25,28-51H2,1-6H3/b27-26-. The van der Waals surface area contributed by atoms with Gasteiger partial charge < -0.3 is 23.8 Å². The molecule has 0 bridgehead atoms. The van der Waals surface area contributed by atoms with Crippen molar-refractivity contribution in [1.82, 2.24) is 9.80 Å². The molecule has 0 aromatic rings. The molecule has 0 aliphatic carbocycles. The Morgan fingerprint density at radius 3 is 1.38 bits per heavy atom. The van der Waals surface area contributed by atoms with Gasteiger partial charge in [0, 0.05) is 39.0 Å². The lowest BCUT2D eigenvalue weighted by molar-refractivity contribution is -0.145. The molecule has 0 saturated carbocycles. The molecular weight excluding hydrogens is 813 g/mol. The highest BCUT2D eigenvalue weighted by molar-refractivity contribution is 5.69. The number of ether oxygens (including phenoxy) is 4. The van der Waals surface area contributed by atoms with Crippen LogP contribution in [0.15, 0.2) is 12.2 Å². The predicted octanol–water partition coefficient (Wildman–Crippen LogP) is 15.8. The summed E-state index contributed by atoms with van der Waals surface area (Å²) in [6.45, 7) is 19.1. The molecule has 0 aromatic heterocycles. The number of likely N-dealkylation sites (N-methyl/N-ethyl adjacent to an activating group) is 1. The molecule has 0 amide bonds. The lowest BCUT2D eigenvalue weighted by Crippen LogP contribution is -2.39. The molecule has 0 heterocycles. The van der Waals surface area contributed by atoms with Crippen LogP contribution in [0.1, 0.15) is 260 Å². The Labute approximate surface area is 403 Å². The maximum atomic E-state index is 13.0. The molecule has 0 spiro atoms. The van der Waals surface area contributed by atoms with Crippen molar-refractivity contribution in [3.8, 4) is 0 Å². The smallest absolute Gasteiger partial charge is 0.465 e. The fraction of sp³-hybridized carbons (Fsp3) is 0.911. The molecule has 0 N–H and O–H groups in total. The van der Waals surface area contributed by atoms with Crippen molar-refractivity contribution >= 4 is 18.1 Å². The highest BCUT2D eigenvalue weighted by atomic mass is 16.7. The molecule has 0 fully saturated rings. The fourth-order valence-corrected chi connectivity index (χ4v) is 8.49. The number of allylic oxidation sites excluding steroid dienone is 2. The third-order valence-electron chi connectivity index (χ3n) is 13.0. The van der Waals surface area contributed by atoms with Crippen LogP contribution in [0.3, 0.4) is 0 Å². The second-order valence-electron chi connectivity index (χ2n) is 19.0. The van der Waals surface area contributed by atoms with Gasteiger partial charge in [0.05, 0.1) is 6.61 Å². The van der Waals surface area contributed by atoms with Crippen molar-refractivity contribution in [3.05, 3.63) is 12.2 Å². The Hall–Kier alpha value is -2.13. The van der Waals surface area contributed by atoms with Crippen molar-refractivity contribution in [2.45, 2.75) is 266 Å². The summed E-state index contributed by atoms with van der Waals surface area (Å²) in [5.74, 6) is 0.175. The number of carbonyl (C=O) groups excluding carboxylic acids is 3. The van der Waals surface area contributed by atoms with E-state index in [4.69, 9.17) is 18.9 Å². The van der Waals surface area contributed by atoms with E-state index in [2.05, 4.69) is 63.5 Å². The molecule has 0 saturated heterocycles. The first-order valence-electron chi connectivity index (χ1n) is 28.1. The molecule has 9 nitrogen and oxygen atoms in total. The molecule has 384 valence electrons. The Kier molecular flexibility index (Phi) is 48.1. The van der Waals surface area contributed by atoms with Gasteiger partial charge in [0.15, 0.2) is 0 Å². The Bertz CT molecular complexity index is 1070. The average Bonchev–Trinajstić information content (AvgIpc) is 3.30. The summed E-state index contributed by atoms with van der Waals surface area (Å²) >= 11 is 0. The molecule has 0 aliphatic rings. The molecule has 9 heteroatoms. The second kappa shape index (κ2) is 49.8. The van der Waals surface area contributed by atoms with E-state index in [0.717, 1.165) is 96.8 Å². The van der Waals surface area contributed by atoms with Gasteiger partial charge in [-0.3, -0.25) is 14.5 Å². The Balaban J connectivity index is 4.74. The SMILES string of the molecule is CCCCCCCC/C=C\CCCCCCCC(=O)OCCN(CCOC(=O)OC(CCCCCC)CCCC(=O)OCC(CCCCCC)CCCCCCCC)CCN(CC)CC. The minimum absolute atomic E-state index is 0.130. The van der Waals surface area contributed by atoms with Gasteiger partial charge in [-0.2, -0.15) is 0 Å². The zero-order chi connectivity index (χ0) is 47.7. The zero-order valence-corrected chi connectivity index (χ0v) is 44.0. The average molecular weight is 921 g/mol. The first-order chi connectivity index (χ1) is 31.8. The van der Waals surface area contributed by atoms with Gasteiger partial charge in [-0.1, -0.05) is 189 Å². The van der Waals surface area contributed by atoms with Crippen LogP contribution in [-0.4, -0.2) is 93.1 Å². The van der Waals surface area contributed by atoms with Crippen molar-refractivity contribution < 1.29 is 33.3 Å². The summed E-state index contributed by atoms with van der Waals surface area (Å²) in [6, 6.07) is 0. The number of rotatable bonds is 50. The highest BCUT2D eigenvalue weighted by Crippen LogP contribution is 2.21. The van der Waals surface area contributed by atoms with E-state index < -0.39 is 6.16 Å². The minimum atomic E-state index is -0.649. The minimum Gasteiger partial charge on any atom is -0.465 e.